The van der Waals surface area contributed by atoms with Gasteiger partial charge in [-0.1, -0.05) is 40.7 Å². The molecule has 1 aromatic rings. The summed E-state index contributed by atoms with van der Waals surface area (Å²) in [5.41, 5.74) is 1.31. The van der Waals surface area contributed by atoms with Crippen molar-refractivity contribution in [3.63, 3.8) is 0 Å². The van der Waals surface area contributed by atoms with Crippen LogP contribution >= 0.6 is 21.6 Å². The molecule has 1 saturated carbocycles. The first-order valence-electron chi connectivity index (χ1n) is 10.5. The minimum atomic E-state index is -1.28. The minimum Gasteiger partial charge on any atom is -0.493 e. The van der Waals surface area contributed by atoms with Gasteiger partial charge in [-0.3, -0.25) is 4.79 Å². The lowest BCUT2D eigenvalue weighted by molar-refractivity contribution is 0.0489. The minimum absolute atomic E-state index is 0.0724. The van der Waals surface area contributed by atoms with Crippen molar-refractivity contribution in [2.75, 3.05) is 38.0 Å². The van der Waals surface area contributed by atoms with Crippen molar-refractivity contribution in [3.8, 4) is 11.5 Å². The molecular weight excluding hydrogens is 452 g/mol. The summed E-state index contributed by atoms with van der Waals surface area (Å²) in [6, 6.07) is 2.48. The molecular formula is C22H28N2O6S2. The summed E-state index contributed by atoms with van der Waals surface area (Å²) in [7, 11) is 6.45. The highest BCUT2D eigenvalue weighted by Crippen LogP contribution is 2.53. The van der Waals surface area contributed by atoms with E-state index in [0.717, 1.165) is 24.2 Å². The molecule has 2 heterocycles. The number of hydrogen-bond donors (Lipinski definition) is 1. The Hall–Kier alpha value is -2.04. The standard InChI is InChI=1S/C22H28N2O6S2/c1-5-31-32-22(6-7-22)12-30-21(27)24-15-10-18(29-4)17(28-3)9-14(15)19(25)23-11-13(2)8-16(23)20(24)26/h9-10,16,20,26H,2,5-8,11-12H2,1,3-4H3/t16-,20?/m0/s1. The number of aliphatic hydroxyl groups excluding tert-OH is 1. The van der Waals surface area contributed by atoms with Crippen LogP contribution in [0.1, 0.15) is 36.5 Å². The fourth-order valence-corrected chi connectivity index (χ4v) is 6.56. The highest BCUT2D eigenvalue weighted by atomic mass is 33.1. The van der Waals surface area contributed by atoms with Gasteiger partial charge in [-0.15, -0.1) is 0 Å². The number of nitrogens with zero attached hydrogens (tertiary/aromatic N) is 2. The van der Waals surface area contributed by atoms with Crippen molar-refractivity contribution in [1.82, 2.24) is 4.90 Å². The van der Waals surface area contributed by atoms with Crippen LogP contribution in [0.3, 0.4) is 0 Å². The summed E-state index contributed by atoms with van der Waals surface area (Å²) < 4.78 is 16.4. The Morgan fingerprint density at radius 1 is 1.28 bits per heavy atom. The van der Waals surface area contributed by atoms with Gasteiger partial charge in [-0.2, -0.15) is 0 Å². The largest absolute Gasteiger partial charge is 0.493 e. The van der Waals surface area contributed by atoms with Crippen molar-refractivity contribution in [3.05, 3.63) is 29.8 Å². The average Bonchev–Trinajstić information content (AvgIpc) is 3.47. The van der Waals surface area contributed by atoms with Gasteiger partial charge in [-0.05, 0) is 25.3 Å². The number of anilines is 1. The third-order valence-corrected chi connectivity index (χ3v) is 9.32. The van der Waals surface area contributed by atoms with E-state index in [-0.39, 0.29) is 28.5 Å². The van der Waals surface area contributed by atoms with Crippen LogP contribution in [0, 0.1) is 0 Å². The van der Waals surface area contributed by atoms with E-state index in [1.807, 2.05) is 0 Å². The Morgan fingerprint density at radius 2 is 1.97 bits per heavy atom. The third kappa shape index (κ3) is 4.15. The topological polar surface area (TPSA) is 88.5 Å². The van der Waals surface area contributed by atoms with E-state index in [9.17, 15) is 14.7 Å². The molecule has 0 spiro atoms. The summed E-state index contributed by atoms with van der Waals surface area (Å²) in [6.07, 6.45) is 0.406. The van der Waals surface area contributed by atoms with Crippen LogP contribution in [0.15, 0.2) is 24.3 Å². The quantitative estimate of drug-likeness (QED) is 0.467. The van der Waals surface area contributed by atoms with Gasteiger partial charge in [0, 0.05) is 18.4 Å². The Bertz CT molecular complexity index is 935. The molecule has 3 aliphatic rings. The van der Waals surface area contributed by atoms with Crippen LogP contribution in [0.5, 0.6) is 11.5 Å². The molecule has 0 aromatic heterocycles. The number of carbonyl (C=O) groups is 2. The van der Waals surface area contributed by atoms with Crippen molar-refractivity contribution in [2.24, 2.45) is 0 Å². The molecule has 32 heavy (non-hydrogen) atoms. The molecule has 1 aliphatic carbocycles. The van der Waals surface area contributed by atoms with Gasteiger partial charge >= 0.3 is 6.09 Å². The molecule has 1 unspecified atom stereocenters. The number of methoxy groups -OCH3 is 2. The molecule has 2 amide bonds. The lowest BCUT2D eigenvalue weighted by Gasteiger charge is -2.32. The predicted octanol–water partition coefficient (Wildman–Crippen LogP) is 3.68. The first kappa shape index (κ1) is 23.1. The van der Waals surface area contributed by atoms with Crippen LogP contribution in [0.4, 0.5) is 10.5 Å². The molecule has 0 radical (unpaired) electrons. The van der Waals surface area contributed by atoms with Crippen molar-refractivity contribution >= 4 is 39.3 Å². The molecule has 8 nitrogen and oxygen atoms in total. The zero-order valence-electron chi connectivity index (χ0n) is 18.5. The zero-order chi connectivity index (χ0) is 23.0. The molecule has 1 aromatic carbocycles. The van der Waals surface area contributed by atoms with Crippen LogP contribution < -0.4 is 14.4 Å². The third-order valence-electron chi connectivity index (χ3n) is 5.97. The van der Waals surface area contributed by atoms with Gasteiger partial charge in [0.05, 0.1) is 36.3 Å². The lowest BCUT2D eigenvalue weighted by Crippen LogP contribution is -2.51. The number of fused-ring (bicyclic) bond motifs is 2. The zero-order valence-corrected chi connectivity index (χ0v) is 20.1. The number of amides is 2. The smallest absolute Gasteiger partial charge is 0.416 e. The molecule has 0 bridgehead atoms. The van der Waals surface area contributed by atoms with Crippen LogP contribution in [-0.4, -0.2) is 72.1 Å². The van der Waals surface area contributed by atoms with Gasteiger partial charge in [0.2, 0.25) is 0 Å². The van der Waals surface area contributed by atoms with Gasteiger partial charge in [0.25, 0.3) is 5.91 Å². The van der Waals surface area contributed by atoms with Crippen molar-refractivity contribution in [1.29, 1.82) is 0 Å². The predicted molar refractivity (Wildman–Crippen MR) is 126 cm³/mol. The summed E-state index contributed by atoms with van der Waals surface area (Å²) in [6.45, 7) is 6.65. The van der Waals surface area contributed by atoms with Gasteiger partial charge in [-0.25, -0.2) is 9.69 Å². The van der Waals surface area contributed by atoms with E-state index in [0.29, 0.717) is 24.5 Å². The molecule has 2 aliphatic heterocycles. The van der Waals surface area contributed by atoms with Gasteiger partial charge < -0.3 is 24.2 Å². The monoisotopic (exact) mass is 480 g/mol. The van der Waals surface area contributed by atoms with E-state index in [2.05, 4.69) is 13.5 Å². The molecule has 174 valence electrons. The summed E-state index contributed by atoms with van der Waals surface area (Å²) >= 11 is 0. The number of carbonyl (C=O) groups excluding carboxylic acids is 2. The first-order chi connectivity index (χ1) is 15.3. The SMILES string of the molecule is C=C1C[C@H]2C(O)N(C(=O)OCC3(SSCC)CC3)c3cc(OC)c(OC)cc3C(=O)N2C1. The number of benzene rings is 1. The van der Waals surface area contributed by atoms with Gasteiger partial charge in [0.1, 0.15) is 6.61 Å². The molecule has 1 N–H and O–H groups in total. The normalized spacial score (nSPS) is 23.4. The maximum absolute atomic E-state index is 13.4. The summed E-state index contributed by atoms with van der Waals surface area (Å²) in [5.74, 6) is 1.39. The average molecular weight is 481 g/mol. The van der Waals surface area contributed by atoms with E-state index in [1.165, 1.54) is 19.1 Å². The number of ether oxygens (including phenoxy) is 3. The Kier molecular flexibility index (Phi) is 6.56. The number of rotatable bonds is 7. The maximum Gasteiger partial charge on any atom is 0.416 e. The summed E-state index contributed by atoms with van der Waals surface area (Å²) in [5, 5.41) is 11.3. The lowest BCUT2D eigenvalue weighted by atomic mass is 10.1. The molecule has 4 rings (SSSR count). The first-order valence-corrected chi connectivity index (χ1v) is 12.8. The fourth-order valence-electron chi connectivity index (χ4n) is 4.07. The Balaban J connectivity index is 1.70. The van der Waals surface area contributed by atoms with E-state index in [4.69, 9.17) is 14.2 Å². The Morgan fingerprint density at radius 3 is 2.59 bits per heavy atom. The van der Waals surface area contributed by atoms with Gasteiger partial charge in [0.15, 0.2) is 17.7 Å². The van der Waals surface area contributed by atoms with Crippen molar-refractivity contribution in [2.45, 2.75) is 43.2 Å². The fraction of sp³-hybridized carbons (Fsp3) is 0.545. The van der Waals surface area contributed by atoms with E-state index < -0.39 is 18.4 Å². The van der Waals surface area contributed by atoms with E-state index >= 15 is 0 Å². The molecule has 1 saturated heterocycles. The second-order valence-corrected chi connectivity index (χ2v) is 11.2. The molecule has 2 atom stereocenters. The van der Waals surface area contributed by atoms with E-state index in [1.54, 1.807) is 38.6 Å². The maximum atomic E-state index is 13.4. The second-order valence-electron chi connectivity index (χ2n) is 8.19. The second kappa shape index (κ2) is 9.07. The highest BCUT2D eigenvalue weighted by molar-refractivity contribution is 8.77. The number of aliphatic hydroxyl groups is 1. The van der Waals surface area contributed by atoms with Crippen LogP contribution in [0.2, 0.25) is 0 Å². The molecule has 2 fully saturated rings. The van der Waals surface area contributed by atoms with Crippen LogP contribution in [0.25, 0.3) is 0 Å². The highest BCUT2D eigenvalue weighted by Gasteiger charge is 2.48. The Labute approximate surface area is 195 Å². The molecule has 10 heteroatoms. The van der Waals surface area contributed by atoms with Crippen LogP contribution in [-0.2, 0) is 4.74 Å². The van der Waals surface area contributed by atoms with Crippen molar-refractivity contribution < 1.29 is 28.9 Å². The number of hydrogen-bond acceptors (Lipinski definition) is 8. The summed E-state index contributed by atoms with van der Waals surface area (Å²) in [4.78, 5) is 29.4.